The number of amides is 2. The maximum Gasteiger partial charge on any atom is 0.324 e. The fraction of sp³-hybridized carbons (Fsp3) is 0.130. The Hall–Kier alpha value is -3.80. The summed E-state index contributed by atoms with van der Waals surface area (Å²) < 4.78 is 7.06. The third kappa shape index (κ3) is 3.78. The fourth-order valence-corrected chi connectivity index (χ4v) is 3.24. The number of anilines is 2. The van der Waals surface area contributed by atoms with Gasteiger partial charge in [0.05, 0.1) is 7.11 Å². The fourth-order valence-electron chi connectivity index (χ4n) is 3.24. The molecule has 0 aliphatic heterocycles. The summed E-state index contributed by atoms with van der Waals surface area (Å²) in [6.45, 7) is 4.04. The molecule has 0 atom stereocenters. The number of methoxy groups -OCH3 is 1. The molecule has 0 aliphatic rings. The van der Waals surface area contributed by atoms with Crippen molar-refractivity contribution in [3.05, 3.63) is 78.0 Å². The van der Waals surface area contributed by atoms with Crippen LogP contribution in [0.3, 0.4) is 0 Å². The Morgan fingerprint density at radius 3 is 2.45 bits per heavy atom. The lowest BCUT2D eigenvalue weighted by atomic mass is 10.1. The number of aryl methyl sites for hydroxylation is 2. The molecule has 29 heavy (non-hydrogen) atoms. The number of carbonyl (C=O) groups is 1. The van der Waals surface area contributed by atoms with Gasteiger partial charge in [-0.15, -0.1) is 0 Å². The number of pyridine rings is 1. The highest BCUT2D eigenvalue weighted by molar-refractivity contribution is 6.02. The number of aromatic nitrogens is 2. The van der Waals surface area contributed by atoms with Crippen LogP contribution >= 0.6 is 0 Å². The van der Waals surface area contributed by atoms with E-state index in [0.717, 1.165) is 33.8 Å². The van der Waals surface area contributed by atoms with Crippen LogP contribution in [-0.4, -0.2) is 22.5 Å². The molecule has 0 bridgehead atoms. The zero-order chi connectivity index (χ0) is 20.4. The van der Waals surface area contributed by atoms with Gasteiger partial charge in [0.2, 0.25) is 0 Å². The summed E-state index contributed by atoms with van der Waals surface area (Å²) in [7, 11) is 1.61. The monoisotopic (exact) mass is 386 g/mol. The molecule has 0 aliphatic carbocycles. The van der Waals surface area contributed by atoms with E-state index < -0.39 is 0 Å². The van der Waals surface area contributed by atoms with E-state index in [-0.39, 0.29) is 6.03 Å². The largest absolute Gasteiger partial charge is 0.497 e. The van der Waals surface area contributed by atoms with Crippen molar-refractivity contribution in [3.8, 4) is 17.0 Å². The number of hydrogen-bond acceptors (Lipinski definition) is 3. The Labute approximate surface area is 169 Å². The molecule has 6 nitrogen and oxygen atoms in total. The van der Waals surface area contributed by atoms with Gasteiger partial charge in [-0.3, -0.25) is 9.72 Å². The molecule has 4 rings (SSSR count). The number of urea groups is 1. The molecule has 2 aromatic carbocycles. The summed E-state index contributed by atoms with van der Waals surface area (Å²) in [4.78, 5) is 17.5. The van der Waals surface area contributed by atoms with Crippen LogP contribution in [0.1, 0.15) is 11.1 Å². The normalized spacial score (nSPS) is 10.7. The molecule has 4 aromatic rings. The van der Waals surface area contributed by atoms with Crippen LogP contribution in [-0.2, 0) is 0 Å². The number of rotatable bonds is 4. The lowest BCUT2D eigenvalue weighted by Gasteiger charge is -2.11. The number of nitrogens with zero attached hydrogens (tertiary/aromatic N) is 2. The Balaban J connectivity index is 1.71. The van der Waals surface area contributed by atoms with Gasteiger partial charge in [-0.2, -0.15) is 0 Å². The molecule has 0 radical (unpaired) electrons. The van der Waals surface area contributed by atoms with E-state index in [1.54, 1.807) is 31.4 Å². The highest BCUT2D eigenvalue weighted by atomic mass is 16.5. The van der Waals surface area contributed by atoms with Crippen LogP contribution in [0.25, 0.3) is 16.9 Å². The molecular formula is C23H22N4O2. The highest BCUT2D eigenvalue weighted by Gasteiger charge is 2.18. The summed E-state index contributed by atoms with van der Waals surface area (Å²) in [6, 6.07) is 18.8. The van der Waals surface area contributed by atoms with E-state index in [1.807, 2.05) is 60.8 Å². The van der Waals surface area contributed by atoms with E-state index in [4.69, 9.17) is 9.72 Å². The van der Waals surface area contributed by atoms with Crippen LogP contribution in [0.5, 0.6) is 5.75 Å². The van der Waals surface area contributed by atoms with Gasteiger partial charge in [0, 0.05) is 17.4 Å². The van der Waals surface area contributed by atoms with Crippen molar-refractivity contribution < 1.29 is 9.53 Å². The molecule has 0 fully saturated rings. The van der Waals surface area contributed by atoms with Crippen LogP contribution in [0.2, 0.25) is 0 Å². The lowest BCUT2D eigenvalue weighted by Crippen LogP contribution is -2.20. The topological polar surface area (TPSA) is 67.7 Å². The summed E-state index contributed by atoms with van der Waals surface area (Å²) in [5.74, 6) is 1.36. The highest BCUT2D eigenvalue weighted by Crippen LogP contribution is 2.31. The third-order valence-electron chi connectivity index (χ3n) is 4.75. The van der Waals surface area contributed by atoms with E-state index in [0.29, 0.717) is 11.5 Å². The number of fused-ring (bicyclic) bond motifs is 1. The zero-order valence-electron chi connectivity index (χ0n) is 16.6. The van der Waals surface area contributed by atoms with Gasteiger partial charge in [0.1, 0.15) is 22.9 Å². The summed E-state index contributed by atoms with van der Waals surface area (Å²) in [6.07, 6.45) is 1.97. The van der Waals surface area contributed by atoms with Crippen molar-refractivity contribution in [2.75, 3.05) is 17.7 Å². The number of ether oxygens (including phenoxy) is 1. The minimum Gasteiger partial charge on any atom is -0.497 e. The lowest BCUT2D eigenvalue weighted by molar-refractivity contribution is 0.262. The number of hydrogen-bond donors (Lipinski definition) is 2. The molecule has 146 valence electrons. The number of nitrogens with one attached hydrogen (secondary N) is 2. The smallest absolute Gasteiger partial charge is 0.324 e. The number of imidazole rings is 1. The molecule has 0 saturated carbocycles. The van der Waals surface area contributed by atoms with Gasteiger partial charge < -0.3 is 10.1 Å². The SMILES string of the molecule is COc1ccc(NC(=O)Nc2c(-c3ccccc3C)nc3ccc(C)cn23)cc1. The first-order chi connectivity index (χ1) is 14.0. The second-order valence-electron chi connectivity index (χ2n) is 6.87. The van der Waals surface area contributed by atoms with Gasteiger partial charge in [-0.25, -0.2) is 9.78 Å². The van der Waals surface area contributed by atoms with Gasteiger partial charge >= 0.3 is 6.03 Å². The van der Waals surface area contributed by atoms with Crippen molar-refractivity contribution in [1.29, 1.82) is 0 Å². The minimum absolute atomic E-state index is 0.340. The molecule has 2 aromatic heterocycles. The molecule has 0 unspecified atom stereocenters. The molecular weight excluding hydrogens is 364 g/mol. The van der Waals surface area contributed by atoms with Crippen molar-refractivity contribution in [1.82, 2.24) is 9.38 Å². The predicted molar refractivity (Wildman–Crippen MR) is 116 cm³/mol. The van der Waals surface area contributed by atoms with Gasteiger partial charge in [0.25, 0.3) is 0 Å². The quantitative estimate of drug-likeness (QED) is 0.502. The molecule has 0 saturated heterocycles. The summed E-state index contributed by atoms with van der Waals surface area (Å²) in [5, 5.41) is 5.84. The Morgan fingerprint density at radius 1 is 0.966 bits per heavy atom. The van der Waals surface area contributed by atoms with Crippen molar-refractivity contribution in [2.24, 2.45) is 0 Å². The van der Waals surface area contributed by atoms with E-state index in [2.05, 4.69) is 10.6 Å². The van der Waals surface area contributed by atoms with Crippen LogP contribution in [0, 0.1) is 13.8 Å². The standard InChI is InChI=1S/C23H22N4O2/c1-15-8-13-20-25-21(19-7-5-4-6-16(19)2)22(27(20)14-15)26-23(28)24-17-9-11-18(29-3)12-10-17/h4-14H,1-3H3,(H2,24,26,28). The van der Waals surface area contributed by atoms with Crippen LogP contribution in [0.4, 0.5) is 16.3 Å². The minimum atomic E-state index is -0.340. The first kappa shape index (κ1) is 18.6. The first-order valence-corrected chi connectivity index (χ1v) is 9.32. The Bertz CT molecular complexity index is 1180. The molecule has 2 heterocycles. The van der Waals surface area contributed by atoms with E-state index in [1.165, 1.54) is 0 Å². The maximum absolute atomic E-state index is 12.7. The molecule has 2 amide bonds. The third-order valence-corrected chi connectivity index (χ3v) is 4.75. The Morgan fingerprint density at radius 2 is 1.72 bits per heavy atom. The molecule has 0 spiro atoms. The number of benzene rings is 2. The van der Waals surface area contributed by atoms with Gasteiger partial charge in [-0.1, -0.05) is 30.3 Å². The van der Waals surface area contributed by atoms with Gasteiger partial charge in [-0.05, 0) is 55.3 Å². The zero-order valence-corrected chi connectivity index (χ0v) is 16.6. The summed E-state index contributed by atoms with van der Waals surface area (Å²) >= 11 is 0. The van der Waals surface area contributed by atoms with E-state index >= 15 is 0 Å². The van der Waals surface area contributed by atoms with Crippen LogP contribution in [0.15, 0.2) is 66.9 Å². The van der Waals surface area contributed by atoms with Crippen molar-refractivity contribution >= 4 is 23.2 Å². The number of carbonyl (C=O) groups excluding carboxylic acids is 1. The molecule has 6 heteroatoms. The summed E-state index contributed by atoms with van der Waals surface area (Å²) in [5.41, 5.74) is 5.32. The van der Waals surface area contributed by atoms with E-state index in [9.17, 15) is 4.79 Å². The second-order valence-corrected chi connectivity index (χ2v) is 6.87. The second kappa shape index (κ2) is 7.67. The maximum atomic E-state index is 12.7. The van der Waals surface area contributed by atoms with Crippen molar-refractivity contribution in [3.63, 3.8) is 0 Å². The van der Waals surface area contributed by atoms with Gasteiger partial charge in [0.15, 0.2) is 0 Å². The Kier molecular flexibility index (Phi) is 4.91. The van der Waals surface area contributed by atoms with Crippen LogP contribution < -0.4 is 15.4 Å². The predicted octanol–water partition coefficient (Wildman–Crippen LogP) is 5.27. The average Bonchev–Trinajstić information content (AvgIpc) is 3.06. The average molecular weight is 386 g/mol. The molecule has 2 N–H and O–H groups in total. The first-order valence-electron chi connectivity index (χ1n) is 9.32. The van der Waals surface area contributed by atoms with Crippen molar-refractivity contribution in [2.45, 2.75) is 13.8 Å².